The molecular weight excluding hydrogens is 227 g/mol. The Hall–Kier alpha value is -0.590. The van der Waals surface area contributed by atoms with Gasteiger partial charge in [-0.2, -0.15) is 0 Å². The van der Waals surface area contributed by atoms with Gasteiger partial charge >= 0.3 is 41.5 Å². The third kappa shape index (κ3) is 6.81. The van der Waals surface area contributed by atoms with Gasteiger partial charge in [0.15, 0.2) is 0 Å². The molecule has 0 saturated heterocycles. The minimum atomic E-state index is -1.52. The summed E-state index contributed by atoms with van der Waals surface area (Å²) in [5.41, 5.74) is -1.52. The van der Waals surface area contributed by atoms with Crippen molar-refractivity contribution in [3.05, 3.63) is 0 Å². The van der Waals surface area contributed by atoms with E-state index in [9.17, 15) is 19.5 Å². The molecule has 0 N–H and O–H groups in total. The van der Waals surface area contributed by atoms with Crippen LogP contribution < -0.4 is 34.7 Å². The van der Waals surface area contributed by atoms with E-state index in [4.69, 9.17) is 0 Å². The molecule has 16 heavy (non-hydrogen) atoms. The number of hydrogen-bond acceptors (Lipinski definition) is 6. The van der Waals surface area contributed by atoms with Crippen LogP contribution in [-0.4, -0.2) is 31.1 Å². The van der Waals surface area contributed by atoms with E-state index in [1.165, 1.54) is 6.92 Å². The van der Waals surface area contributed by atoms with Crippen molar-refractivity contribution in [1.29, 1.82) is 0 Å². The molecule has 0 heterocycles. The smallest absolute Gasteiger partial charge is 0.549 e. The van der Waals surface area contributed by atoms with E-state index in [0.717, 1.165) is 13.8 Å². The number of ether oxygens (including phenoxy) is 2. The summed E-state index contributed by atoms with van der Waals surface area (Å²) in [6, 6.07) is 0. The molecule has 0 spiro atoms. The van der Waals surface area contributed by atoms with Crippen molar-refractivity contribution < 1.29 is 58.5 Å². The maximum absolute atomic E-state index is 10.8. The maximum Gasteiger partial charge on any atom is 1.00 e. The standard InChI is InChI=1S/C9H14O6.Na/c1-6(10)14-4-9(3,8(12)13)5-15-7(2)11;/h4-5H2,1-3H3,(H,12,13);/q;+1/p-1. The van der Waals surface area contributed by atoms with E-state index in [1.807, 2.05) is 0 Å². The minimum absolute atomic E-state index is 0. The van der Waals surface area contributed by atoms with Gasteiger partial charge in [0.2, 0.25) is 0 Å². The monoisotopic (exact) mass is 240 g/mol. The molecule has 86 valence electrons. The fourth-order valence-electron chi connectivity index (χ4n) is 0.681. The van der Waals surface area contributed by atoms with E-state index < -0.39 is 36.5 Å². The van der Waals surface area contributed by atoms with E-state index in [2.05, 4.69) is 9.47 Å². The maximum atomic E-state index is 10.8. The Morgan fingerprint density at radius 2 is 1.38 bits per heavy atom. The molecule has 0 bridgehead atoms. The molecule has 0 amide bonds. The van der Waals surface area contributed by atoms with Crippen molar-refractivity contribution in [3.8, 4) is 0 Å². The topological polar surface area (TPSA) is 92.7 Å². The van der Waals surface area contributed by atoms with Crippen LogP contribution in [-0.2, 0) is 23.9 Å². The number of aliphatic carboxylic acids is 1. The van der Waals surface area contributed by atoms with Crippen molar-refractivity contribution in [3.63, 3.8) is 0 Å². The van der Waals surface area contributed by atoms with Crippen LogP contribution in [0.1, 0.15) is 20.8 Å². The fraction of sp³-hybridized carbons (Fsp3) is 0.667. The molecule has 0 atom stereocenters. The van der Waals surface area contributed by atoms with Gasteiger partial charge in [-0.15, -0.1) is 0 Å². The van der Waals surface area contributed by atoms with Gasteiger partial charge < -0.3 is 19.4 Å². The van der Waals surface area contributed by atoms with Gasteiger partial charge in [0.25, 0.3) is 0 Å². The predicted octanol–water partition coefficient (Wildman–Crippen LogP) is -4.13. The van der Waals surface area contributed by atoms with E-state index in [0.29, 0.717) is 0 Å². The largest absolute Gasteiger partial charge is 1.00 e. The minimum Gasteiger partial charge on any atom is -0.549 e. The summed E-state index contributed by atoms with van der Waals surface area (Å²) < 4.78 is 9.10. The summed E-state index contributed by atoms with van der Waals surface area (Å²) in [4.78, 5) is 31.8. The van der Waals surface area contributed by atoms with Gasteiger partial charge in [0, 0.05) is 13.8 Å². The van der Waals surface area contributed by atoms with E-state index in [1.54, 1.807) is 0 Å². The summed E-state index contributed by atoms with van der Waals surface area (Å²) in [6.45, 7) is 2.80. The first-order valence-corrected chi connectivity index (χ1v) is 4.26. The van der Waals surface area contributed by atoms with Gasteiger partial charge in [-0.3, -0.25) is 9.59 Å². The number of hydrogen-bond donors (Lipinski definition) is 0. The van der Waals surface area contributed by atoms with E-state index in [-0.39, 0.29) is 29.6 Å². The van der Waals surface area contributed by atoms with Crippen LogP contribution in [0.4, 0.5) is 0 Å². The first kappa shape index (κ1) is 17.8. The normalized spacial score (nSPS) is 9.94. The van der Waals surface area contributed by atoms with Crippen molar-refractivity contribution in [2.24, 2.45) is 5.41 Å². The Bertz CT molecular complexity index is 257. The second kappa shape index (κ2) is 7.65. The van der Waals surface area contributed by atoms with Crippen LogP contribution in [0.25, 0.3) is 0 Å². The van der Waals surface area contributed by atoms with Gasteiger partial charge in [-0.05, 0) is 6.92 Å². The Morgan fingerprint density at radius 3 is 1.56 bits per heavy atom. The van der Waals surface area contributed by atoms with Gasteiger partial charge in [-0.25, -0.2) is 0 Å². The molecule has 0 rings (SSSR count). The fourth-order valence-corrected chi connectivity index (χ4v) is 0.681. The average molecular weight is 240 g/mol. The number of rotatable bonds is 5. The van der Waals surface area contributed by atoms with Crippen LogP contribution in [0.5, 0.6) is 0 Å². The number of carboxylic acid groups (broad SMARTS) is 1. The SMILES string of the molecule is CC(=O)OCC(C)(COC(C)=O)C(=O)[O-].[Na+]. The molecular formula is C9H13NaO6. The van der Waals surface area contributed by atoms with Crippen molar-refractivity contribution in [2.75, 3.05) is 13.2 Å². The van der Waals surface area contributed by atoms with Gasteiger partial charge in [-0.1, -0.05) is 0 Å². The van der Waals surface area contributed by atoms with Crippen LogP contribution in [0.2, 0.25) is 0 Å². The predicted molar refractivity (Wildman–Crippen MR) is 46.4 cm³/mol. The molecule has 0 aromatic heterocycles. The molecule has 0 radical (unpaired) electrons. The molecule has 7 heteroatoms. The van der Waals surface area contributed by atoms with Gasteiger partial charge in [0.1, 0.15) is 13.2 Å². The third-order valence-electron chi connectivity index (χ3n) is 1.68. The first-order valence-electron chi connectivity index (χ1n) is 4.26. The second-order valence-corrected chi connectivity index (χ2v) is 3.41. The molecule has 0 unspecified atom stereocenters. The van der Waals surface area contributed by atoms with Crippen molar-refractivity contribution >= 4 is 17.9 Å². The Kier molecular flexibility index (Phi) is 8.50. The molecule has 0 aliphatic carbocycles. The Labute approximate surface area is 116 Å². The Balaban J connectivity index is 0. The molecule has 0 aromatic rings. The number of esters is 2. The number of carboxylic acids is 1. The molecule has 0 aliphatic rings. The van der Waals surface area contributed by atoms with Crippen molar-refractivity contribution in [2.45, 2.75) is 20.8 Å². The zero-order valence-electron chi connectivity index (χ0n) is 9.86. The zero-order chi connectivity index (χ0) is 12.1. The van der Waals surface area contributed by atoms with E-state index >= 15 is 0 Å². The Morgan fingerprint density at radius 1 is 1.06 bits per heavy atom. The molecule has 0 fully saturated rings. The first-order chi connectivity index (χ1) is 6.78. The second-order valence-electron chi connectivity index (χ2n) is 3.41. The summed E-state index contributed by atoms with van der Waals surface area (Å²) >= 11 is 0. The quantitative estimate of drug-likeness (QED) is 0.358. The molecule has 0 aliphatic heterocycles. The summed E-state index contributed by atoms with van der Waals surface area (Å²) in [6.07, 6.45) is 0. The van der Waals surface area contributed by atoms with Crippen molar-refractivity contribution in [1.82, 2.24) is 0 Å². The average Bonchev–Trinajstić information content (AvgIpc) is 2.11. The van der Waals surface area contributed by atoms with Crippen LogP contribution in [0.3, 0.4) is 0 Å². The van der Waals surface area contributed by atoms with Crippen LogP contribution in [0, 0.1) is 5.41 Å². The molecule has 6 nitrogen and oxygen atoms in total. The molecule has 0 saturated carbocycles. The van der Waals surface area contributed by atoms with Gasteiger partial charge in [0.05, 0.1) is 11.4 Å². The van der Waals surface area contributed by atoms with Crippen LogP contribution >= 0.6 is 0 Å². The summed E-state index contributed by atoms with van der Waals surface area (Å²) in [5.74, 6) is -2.65. The summed E-state index contributed by atoms with van der Waals surface area (Å²) in [7, 11) is 0. The zero-order valence-corrected chi connectivity index (χ0v) is 11.9. The number of carbonyl (C=O) groups excluding carboxylic acids is 3. The summed E-state index contributed by atoms with van der Waals surface area (Å²) in [5, 5.41) is 10.8. The van der Waals surface area contributed by atoms with Crippen LogP contribution in [0.15, 0.2) is 0 Å². The molecule has 0 aromatic carbocycles. The number of carbonyl (C=O) groups is 3. The third-order valence-corrected chi connectivity index (χ3v) is 1.68.